The number of carboxylic acid groups (broad SMARTS) is 1. The Hall–Kier alpha value is -1.71. The van der Waals surface area contributed by atoms with Gasteiger partial charge in [0.2, 0.25) is 0 Å². The topological polar surface area (TPSA) is 81.3 Å². The van der Waals surface area contributed by atoms with E-state index in [-0.39, 0.29) is 24.8 Å². The van der Waals surface area contributed by atoms with Gasteiger partial charge in [0.25, 0.3) is 5.91 Å². The molecular formula is C30H41LiN2O3S. The fourth-order valence-electron chi connectivity index (χ4n) is 5.20. The predicted molar refractivity (Wildman–Crippen MR) is 148 cm³/mol. The maximum Gasteiger partial charge on any atom is 1.00 e. The normalized spacial score (nSPS) is 15.4. The first-order valence-electron chi connectivity index (χ1n) is 13.4. The number of thioether (sulfide) groups is 1. The third-order valence-corrected chi connectivity index (χ3v) is 8.04. The Bertz CT molecular complexity index is 1010. The van der Waals surface area contributed by atoms with E-state index < -0.39 is 12.0 Å². The molecular weight excluding hydrogens is 475 g/mol. The van der Waals surface area contributed by atoms with Gasteiger partial charge in [-0.2, -0.15) is 11.8 Å². The summed E-state index contributed by atoms with van der Waals surface area (Å²) in [5.74, 6) is -0.174. The first kappa shape index (κ1) is 31.5. The molecule has 0 spiro atoms. The van der Waals surface area contributed by atoms with Gasteiger partial charge in [0.15, 0.2) is 0 Å². The van der Waals surface area contributed by atoms with Crippen molar-refractivity contribution in [2.45, 2.75) is 83.8 Å². The number of carboxylic acids is 1. The van der Waals surface area contributed by atoms with Crippen molar-refractivity contribution in [2.75, 3.05) is 12.0 Å². The van der Waals surface area contributed by atoms with Gasteiger partial charge in [-0.1, -0.05) is 69.4 Å². The molecule has 0 saturated heterocycles. The fourth-order valence-corrected chi connectivity index (χ4v) is 5.67. The minimum absolute atomic E-state index is 0. The van der Waals surface area contributed by atoms with Crippen molar-refractivity contribution in [3.05, 3.63) is 59.2 Å². The summed E-state index contributed by atoms with van der Waals surface area (Å²) in [6.07, 6.45) is 11.4. The van der Waals surface area contributed by atoms with Crippen molar-refractivity contribution in [3.8, 4) is 11.1 Å². The zero-order valence-electron chi connectivity index (χ0n) is 23.0. The van der Waals surface area contributed by atoms with E-state index in [0.717, 1.165) is 41.1 Å². The molecule has 196 valence electrons. The van der Waals surface area contributed by atoms with E-state index in [9.17, 15) is 14.7 Å². The van der Waals surface area contributed by atoms with Gasteiger partial charge in [-0.25, -0.2) is 0 Å². The van der Waals surface area contributed by atoms with Crippen LogP contribution < -0.4 is 34.6 Å². The molecule has 0 unspecified atom stereocenters. The summed E-state index contributed by atoms with van der Waals surface area (Å²) < 4.78 is 0. The SMILES string of the molecule is CC[C@H](CC1CCCCC1)NCc1ccc(C(=O)N[C@@H](CCSC)C(=O)[O-])c(-c2ccccc2C)c1.[Li+]. The number of rotatable bonds is 13. The largest absolute Gasteiger partial charge is 1.00 e. The van der Waals surface area contributed by atoms with Crippen LogP contribution in [0.3, 0.4) is 0 Å². The van der Waals surface area contributed by atoms with Gasteiger partial charge in [0.1, 0.15) is 0 Å². The molecule has 3 rings (SSSR count). The molecule has 1 amide bonds. The number of amides is 1. The number of benzene rings is 2. The van der Waals surface area contributed by atoms with E-state index in [1.165, 1.54) is 38.5 Å². The Labute approximate surface area is 239 Å². The summed E-state index contributed by atoms with van der Waals surface area (Å²) in [6.45, 7) is 5.01. The molecule has 1 fully saturated rings. The minimum Gasteiger partial charge on any atom is -0.548 e. The van der Waals surface area contributed by atoms with E-state index in [0.29, 0.717) is 23.8 Å². The first-order valence-corrected chi connectivity index (χ1v) is 14.7. The van der Waals surface area contributed by atoms with Crippen molar-refractivity contribution in [3.63, 3.8) is 0 Å². The molecule has 0 aromatic heterocycles. The van der Waals surface area contributed by atoms with Crippen LogP contribution in [0.2, 0.25) is 0 Å². The van der Waals surface area contributed by atoms with Gasteiger partial charge < -0.3 is 20.5 Å². The molecule has 1 aliphatic carbocycles. The number of carbonyl (C=O) groups excluding carboxylic acids is 2. The zero-order chi connectivity index (χ0) is 25.9. The van der Waals surface area contributed by atoms with Crippen LogP contribution in [-0.4, -0.2) is 36.0 Å². The Morgan fingerprint density at radius 1 is 1.08 bits per heavy atom. The van der Waals surface area contributed by atoms with Gasteiger partial charge in [-0.3, -0.25) is 4.79 Å². The monoisotopic (exact) mass is 516 g/mol. The quantitative estimate of drug-likeness (QED) is 0.399. The van der Waals surface area contributed by atoms with E-state index >= 15 is 0 Å². The summed E-state index contributed by atoms with van der Waals surface area (Å²) in [7, 11) is 0. The zero-order valence-corrected chi connectivity index (χ0v) is 23.8. The Kier molecular flexibility index (Phi) is 13.9. The van der Waals surface area contributed by atoms with Crippen LogP contribution in [0, 0.1) is 12.8 Å². The standard InChI is InChI=1S/C30H42N2O3S.Li/c1-4-24(18-22-11-6-5-7-12-22)31-20-23-14-15-26(27(19-23)25-13-9-8-10-21(25)2)29(33)32-28(30(34)35)16-17-36-3;/h8-10,13-15,19,22,24,28,31H,4-7,11-12,16-18,20H2,1-3H3,(H,32,33)(H,34,35);/q;+1/p-1/t24-,28+;/m1./s1. The van der Waals surface area contributed by atoms with Crippen molar-refractivity contribution < 1.29 is 33.6 Å². The summed E-state index contributed by atoms with van der Waals surface area (Å²) in [5, 5.41) is 18.1. The van der Waals surface area contributed by atoms with Crippen LogP contribution in [0.25, 0.3) is 11.1 Å². The van der Waals surface area contributed by atoms with E-state index in [4.69, 9.17) is 0 Å². The molecule has 1 aliphatic rings. The van der Waals surface area contributed by atoms with Crippen LogP contribution >= 0.6 is 11.8 Å². The third-order valence-electron chi connectivity index (χ3n) is 7.39. The van der Waals surface area contributed by atoms with Gasteiger partial charge in [-0.05, 0) is 78.5 Å². The molecule has 2 aromatic carbocycles. The molecule has 5 nitrogen and oxygen atoms in total. The summed E-state index contributed by atoms with van der Waals surface area (Å²) >= 11 is 1.55. The van der Waals surface area contributed by atoms with Crippen molar-refractivity contribution >= 4 is 23.6 Å². The van der Waals surface area contributed by atoms with Gasteiger partial charge in [0.05, 0.1) is 12.0 Å². The number of aryl methyl sites for hydroxylation is 1. The van der Waals surface area contributed by atoms with E-state index in [1.807, 2.05) is 49.6 Å². The maximum atomic E-state index is 13.2. The van der Waals surface area contributed by atoms with Crippen LogP contribution in [0.15, 0.2) is 42.5 Å². The van der Waals surface area contributed by atoms with Crippen LogP contribution in [0.4, 0.5) is 0 Å². The number of nitrogens with one attached hydrogen (secondary N) is 2. The molecule has 0 radical (unpaired) electrons. The van der Waals surface area contributed by atoms with Crippen LogP contribution in [-0.2, 0) is 11.3 Å². The van der Waals surface area contributed by atoms with Crippen molar-refractivity contribution in [1.29, 1.82) is 0 Å². The minimum atomic E-state index is -1.25. The third kappa shape index (κ3) is 9.52. The Morgan fingerprint density at radius 3 is 2.46 bits per heavy atom. The average Bonchev–Trinajstić information content (AvgIpc) is 2.89. The van der Waals surface area contributed by atoms with Crippen LogP contribution in [0.5, 0.6) is 0 Å². The number of aliphatic carboxylic acids is 1. The molecule has 2 atom stereocenters. The van der Waals surface area contributed by atoms with E-state index in [1.54, 1.807) is 11.8 Å². The molecule has 0 heterocycles. The maximum absolute atomic E-state index is 13.2. The van der Waals surface area contributed by atoms with Gasteiger partial charge in [-0.15, -0.1) is 0 Å². The average molecular weight is 517 g/mol. The molecule has 37 heavy (non-hydrogen) atoms. The van der Waals surface area contributed by atoms with E-state index in [2.05, 4.69) is 23.6 Å². The second kappa shape index (κ2) is 16.3. The van der Waals surface area contributed by atoms with Crippen LogP contribution in [0.1, 0.15) is 79.8 Å². The Morgan fingerprint density at radius 2 is 1.81 bits per heavy atom. The first-order chi connectivity index (χ1) is 17.4. The molecule has 2 aromatic rings. The van der Waals surface area contributed by atoms with Gasteiger partial charge in [0, 0.05) is 18.2 Å². The second-order valence-electron chi connectivity index (χ2n) is 10.0. The predicted octanol–water partition coefficient (Wildman–Crippen LogP) is 2.11. The molecule has 2 N–H and O–H groups in total. The smallest absolute Gasteiger partial charge is 0.548 e. The number of hydrogen-bond donors (Lipinski definition) is 2. The molecule has 7 heteroatoms. The Balaban J connectivity index is 0.00000481. The summed E-state index contributed by atoms with van der Waals surface area (Å²) in [5.41, 5.74) is 4.47. The summed E-state index contributed by atoms with van der Waals surface area (Å²) in [6, 6.07) is 13.4. The number of carbonyl (C=O) groups is 2. The molecule has 1 saturated carbocycles. The van der Waals surface area contributed by atoms with Crippen molar-refractivity contribution in [1.82, 2.24) is 10.6 Å². The van der Waals surface area contributed by atoms with Crippen molar-refractivity contribution in [2.24, 2.45) is 5.92 Å². The number of hydrogen-bond acceptors (Lipinski definition) is 5. The molecule has 0 aliphatic heterocycles. The molecule has 0 bridgehead atoms. The van der Waals surface area contributed by atoms with Gasteiger partial charge >= 0.3 is 18.9 Å². The second-order valence-corrected chi connectivity index (χ2v) is 11.0. The summed E-state index contributed by atoms with van der Waals surface area (Å²) in [4.78, 5) is 24.9. The fraction of sp³-hybridized carbons (Fsp3) is 0.533.